The van der Waals surface area contributed by atoms with Crippen molar-refractivity contribution < 1.29 is 4.39 Å². The SMILES string of the molecule is Fc1ccnc(CC2CCCCC2)c1. The fraction of sp³-hybridized carbons (Fsp3) is 0.583. The average Bonchev–Trinajstić information content (AvgIpc) is 2.19. The van der Waals surface area contributed by atoms with Gasteiger partial charge in [-0.05, 0) is 24.5 Å². The van der Waals surface area contributed by atoms with E-state index in [0.29, 0.717) is 0 Å². The molecule has 0 bridgehead atoms. The fourth-order valence-corrected chi connectivity index (χ4v) is 2.25. The molecule has 0 saturated heterocycles. The number of halogens is 1. The second-order valence-corrected chi connectivity index (χ2v) is 4.17. The molecular formula is C12H16FN. The van der Waals surface area contributed by atoms with Crippen molar-refractivity contribution >= 4 is 0 Å². The molecule has 1 heterocycles. The zero-order valence-electron chi connectivity index (χ0n) is 8.38. The predicted molar refractivity (Wildman–Crippen MR) is 54.5 cm³/mol. The van der Waals surface area contributed by atoms with Gasteiger partial charge < -0.3 is 0 Å². The number of nitrogens with zero attached hydrogens (tertiary/aromatic N) is 1. The highest BCUT2D eigenvalue weighted by molar-refractivity contribution is 5.06. The van der Waals surface area contributed by atoms with Gasteiger partial charge in [-0.3, -0.25) is 4.98 Å². The van der Waals surface area contributed by atoms with Gasteiger partial charge in [0.2, 0.25) is 0 Å². The van der Waals surface area contributed by atoms with Crippen LogP contribution in [0.1, 0.15) is 37.8 Å². The molecule has 0 aliphatic heterocycles. The largest absolute Gasteiger partial charge is 0.261 e. The highest BCUT2D eigenvalue weighted by Gasteiger charge is 2.14. The van der Waals surface area contributed by atoms with Crippen LogP contribution in [0, 0.1) is 11.7 Å². The summed E-state index contributed by atoms with van der Waals surface area (Å²) in [5.74, 6) is 0.573. The van der Waals surface area contributed by atoms with Crippen LogP contribution in [0.25, 0.3) is 0 Å². The van der Waals surface area contributed by atoms with Crippen LogP contribution in [0.15, 0.2) is 18.3 Å². The summed E-state index contributed by atoms with van der Waals surface area (Å²) in [6.45, 7) is 0. The third-order valence-electron chi connectivity index (χ3n) is 3.00. The van der Waals surface area contributed by atoms with Crippen LogP contribution in [-0.4, -0.2) is 4.98 Å². The Hall–Kier alpha value is -0.920. The highest BCUT2D eigenvalue weighted by atomic mass is 19.1. The van der Waals surface area contributed by atoms with E-state index in [9.17, 15) is 4.39 Å². The third kappa shape index (κ3) is 2.53. The van der Waals surface area contributed by atoms with Crippen LogP contribution in [0.2, 0.25) is 0 Å². The molecule has 1 aliphatic rings. The van der Waals surface area contributed by atoms with Crippen LogP contribution in [0.3, 0.4) is 0 Å². The smallest absolute Gasteiger partial charge is 0.126 e. The number of rotatable bonds is 2. The second kappa shape index (κ2) is 4.54. The van der Waals surface area contributed by atoms with E-state index < -0.39 is 0 Å². The first-order valence-corrected chi connectivity index (χ1v) is 5.45. The van der Waals surface area contributed by atoms with Gasteiger partial charge in [-0.15, -0.1) is 0 Å². The standard InChI is InChI=1S/C12H16FN/c13-11-6-7-14-12(9-11)8-10-4-2-1-3-5-10/h6-7,9-10H,1-5,8H2. The molecule has 0 N–H and O–H groups in total. The summed E-state index contributed by atoms with van der Waals surface area (Å²) < 4.78 is 12.9. The monoisotopic (exact) mass is 193 g/mol. The number of hydrogen-bond donors (Lipinski definition) is 0. The van der Waals surface area contributed by atoms with E-state index >= 15 is 0 Å². The molecule has 0 radical (unpaired) electrons. The molecule has 0 aromatic carbocycles. The Labute approximate surface area is 84.4 Å². The number of aromatic nitrogens is 1. The van der Waals surface area contributed by atoms with Gasteiger partial charge in [0, 0.05) is 11.9 Å². The lowest BCUT2D eigenvalue weighted by Gasteiger charge is -2.20. The number of hydrogen-bond acceptors (Lipinski definition) is 1. The molecule has 76 valence electrons. The van der Waals surface area contributed by atoms with Crippen molar-refractivity contribution in [1.82, 2.24) is 4.98 Å². The lowest BCUT2D eigenvalue weighted by atomic mass is 9.86. The Morgan fingerprint density at radius 3 is 2.79 bits per heavy atom. The molecule has 2 heteroatoms. The fourth-order valence-electron chi connectivity index (χ4n) is 2.25. The molecule has 0 unspecified atom stereocenters. The Morgan fingerprint density at radius 1 is 1.29 bits per heavy atom. The first-order valence-electron chi connectivity index (χ1n) is 5.45. The molecule has 1 aliphatic carbocycles. The zero-order chi connectivity index (χ0) is 9.80. The van der Waals surface area contributed by atoms with Gasteiger partial charge in [0.05, 0.1) is 0 Å². The highest BCUT2D eigenvalue weighted by Crippen LogP contribution is 2.26. The van der Waals surface area contributed by atoms with E-state index in [1.165, 1.54) is 38.2 Å². The van der Waals surface area contributed by atoms with Gasteiger partial charge in [-0.2, -0.15) is 0 Å². The van der Waals surface area contributed by atoms with Gasteiger partial charge in [0.25, 0.3) is 0 Å². The van der Waals surface area contributed by atoms with E-state index in [2.05, 4.69) is 4.98 Å². The van der Waals surface area contributed by atoms with E-state index in [4.69, 9.17) is 0 Å². The normalized spacial score (nSPS) is 18.4. The van der Waals surface area contributed by atoms with Crippen molar-refractivity contribution in [3.8, 4) is 0 Å². The molecule has 1 aromatic heterocycles. The molecule has 0 atom stereocenters. The quantitative estimate of drug-likeness (QED) is 0.702. The summed E-state index contributed by atoms with van der Waals surface area (Å²) in [4.78, 5) is 4.19. The van der Waals surface area contributed by atoms with Crippen molar-refractivity contribution in [2.24, 2.45) is 5.92 Å². The predicted octanol–water partition coefficient (Wildman–Crippen LogP) is 3.34. The minimum atomic E-state index is -0.161. The van der Waals surface area contributed by atoms with Crippen LogP contribution in [0.5, 0.6) is 0 Å². The van der Waals surface area contributed by atoms with Crippen molar-refractivity contribution in [1.29, 1.82) is 0 Å². The van der Waals surface area contributed by atoms with E-state index in [1.54, 1.807) is 12.3 Å². The molecule has 2 rings (SSSR count). The van der Waals surface area contributed by atoms with Crippen LogP contribution in [0.4, 0.5) is 4.39 Å². The van der Waals surface area contributed by atoms with Gasteiger partial charge in [0.1, 0.15) is 5.82 Å². The Bertz CT molecular complexity index is 292. The summed E-state index contributed by atoms with van der Waals surface area (Å²) in [6.07, 6.45) is 9.13. The van der Waals surface area contributed by atoms with Gasteiger partial charge >= 0.3 is 0 Å². The maximum atomic E-state index is 12.9. The Morgan fingerprint density at radius 2 is 2.07 bits per heavy atom. The third-order valence-corrected chi connectivity index (χ3v) is 3.00. The second-order valence-electron chi connectivity index (χ2n) is 4.17. The maximum Gasteiger partial charge on any atom is 0.126 e. The maximum absolute atomic E-state index is 12.9. The summed E-state index contributed by atoms with van der Waals surface area (Å²) in [5.41, 5.74) is 0.914. The van der Waals surface area contributed by atoms with Gasteiger partial charge in [-0.25, -0.2) is 4.39 Å². The zero-order valence-corrected chi connectivity index (χ0v) is 8.38. The van der Waals surface area contributed by atoms with Crippen LogP contribution in [-0.2, 0) is 6.42 Å². The molecular weight excluding hydrogens is 177 g/mol. The molecule has 1 nitrogen and oxygen atoms in total. The van der Waals surface area contributed by atoms with Gasteiger partial charge in [0.15, 0.2) is 0 Å². The van der Waals surface area contributed by atoms with Crippen LogP contribution >= 0.6 is 0 Å². The average molecular weight is 193 g/mol. The van der Waals surface area contributed by atoms with Crippen molar-refractivity contribution in [3.05, 3.63) is 29.8 Å². The van der Waals surface area contributed by atoms with E-state index in [0.717, 1.165) is 18.0 Å². The number of pyridine rings is 1. The summed E-state index contributed by atoms with van der Waals surface area (Å²) >= 11 is 0. The minimum absolute atomic E-state index is 0.161. The van der Waals surface area contributed by atoms with Crippen molar-refractivity contribution in [3.63, 3.8) is 0 Å². The first kappa shape index (κ1) is 9.63. The molecule has 0 amide bonds. The Balaban J connectivity index is 1.95. The molecule has 1 fully saturated rings. The topological polar surface area (TPSA) is 12.9 Å². The van der Waals surface area contributed by atoms with Crippen LogP contribution < -0.4 is 0 Å². The lowest BCUT2D eigenvalue weighted by molar-refractivity contribution is 0.354. The van der Waals surface area contributed by atoms with Gasteiger partial charge in [-0.1, -0.05) is 32.1 Å². The van der Waals surface area contributed by atoms with Crippen molar-refractivity contribution in [2.45, 2.75) is 38.5 Å². The van der Waals surface area contributed by atoms with E-state index in [-0.39, 0.29) is 5.82 Å². The molecule has 0 spiro atoms. The molecule has 14 heavy (non-hydrogen) atoms. The lowest BCUT2D eigenvalue weighted by Crippen LogP contribution is -2.10. The minimum Gasteiger partial charge on any atom is -0.261 e. The molecule has 1 saturated carbocycles. The molecule has 1 aromatic rings. The summed E-state index contributed by atoms with van der Waals surface area (Å²) in [5, 5.41) is 0. The summed E-state index contributed by atoms with van der Waals surface area (Å²) in [7, 11) is 0. The van der Waals surface area contributed by atoms with E-state index in [1.807, 2.05) is 0 Å². The van der Waals surface area contributed by atoms with Crippen molar-refractivity contribution in [2.75, 3.05) is 0 Å². The summed E-state index contributed by atoms with van der Waals surface area (Å²) in [6, 6.07) is 2.97. The first-order chi connectivity index (χ1) is 6.84. The Kier molecular flexibility index (Phi) is 3.12.